The number of likely N-dealkylation sites (tertiary alicyclic amines) is 1. The monoisotopic (exact) mass is 262 g/mol. The highest BCUT2D eigenvalue weighted by Gasteiger charge is 2.45. The molecule has 1 aromatic rings. The Balaban J connectivity index is 1.74. The highest BCUT2D eigenvalue weighted by Crippen LogP contribution is 2.36. The Morgan fingerprint density at radius 1 is 1.37 bits per heavy atom. The number of H-pyrrole nitrogens is 1. The fourth-order valence-electron chi connectivity index (χ4n) is 2.77. The van der Waals surface area contributed by atoms with Gasteiger partial charge in [0.2, 0.25) is 5.91 Å². The van der Waals surface area contributed by atoms with Crippen LogP contribution in [-0.2, 0) is 4.79 Å². The van der Waals surface area contributed by atoms with Crippen LogP contribution in [0.3, 0.4) is 0 Å². The lowest BCUT2D eigenvalue weighted by Crippen LogP contribution is -2.34. The average Bonchev–Trinajstić information content (AvgIpc) is 2.97. The van der Waals surface area contributed by atoms with E-state index in [1.807, 2.05) is 0 Å². The van der Waals surface area contributed by atoms with Gasteiger partial charge in [-0.15, -0.1) is 0 Å². The van der Waals surface area contributed by atoms with Gasteiger partial charge in [0.1, 0.15) is 5.69 Å². The quantitative estimate of drug-likeness (QED) is 0.687. The zero-order valence-corrected chi connectivity index (χ0v) is 10.3. The smallest absolute Gasteiger partial charge is 0.274 e. The second-order valence-electron chi connectivity index (χ2n) is 5.24. The van der Waals surface area contributed by atoms with Crippen LogP contribution in [0.5, 0.6) is 0 Å². The third kappa shape index (κ3) is 2.11. The molecular formula is C12H14N4O3. The molecule has 2 N–H and O–H groups in total. The summed E-state index contributed by atoms with van der Waals surface area (Å²) in [5, 5.41) is 8.81. The molecule has 0 saturated carbocycles. The first-order valence-corrected chi connectivity index (χ1v) is 6.20. The molecule has 100 valence electrons. The Kier molecular flexibility index (Phi) is 2.62. The minimum Gasteiger partial charge on any atom is -0.355 e. The van der Waals surface area contributed by atoms with Gasteiger partial charge >= 0.3 is 0 Å². The van der Waals surface area contributed by atoms with E-state index in [2.05, 4.69) is 15.5 Å². The van der Waals surface area contributed by atoms with Crippen LogP contribution in [0.4, 0.5) is 0 Å². The van der Waals surface area contributed by atoms with E-state index in [9.17, 15) is 14.4 Å². The van der Waals surface area contributed by atoms with E-state index < -0.39 is 0 Å². The summed E-state index contributed by atoms with van der Waals surface area (Å²) in [4.78, 5) is 36.1. The van der Waals surface area contributed by atoms with Gasteiger partial charge in [0.05, 0.1) is 0 Å². The van der Waals surface area contributed by atoms with Crippen molar-refractivity contribution in [1.82, 2.24) is 20.4 Å². The van der Waals surface area contributed by atoms with E-state index in [4.69, 9.17) is 0 Å². The predicted octanol–water partition coefficient (Wildman–Crippen LogP) is -0.878. The zero-order chi connectivity index (χ0) is 13.5. The molecule has 3 rings (SSSR count). The van der Waals surface area contributed by atoms with E-state index in [1.54, 1.807) is 4.90 Å². The number of aromatic nitrogens is 2. The van der Waals surface area contributed by atoms with Crippen LogP contribution < -0.4 is 10.9 Å². The normalized spacial score (nSPS) is 25.9. The fourth-order valence-corrected chi connectivity index (χ4v) is 2.77. The maximum Gasteiger partial charge on any atom is 0.274 e. The number of carbonyl (C=O) groups excluding carboxylic acids is 2. The second-order valence-corrected chi connectivity index (χ2v) is 5.24. The second kappa shape index (κ2) is 4.18. The molecule has 1 unspecified atom stereocenters. The Morgan fingerprint density at radius 3 is 2.84 bits per heavy atom. The molecule has 1 atom stereocenters. The van der Waals surface area contributed by atoms with Crippen LogP contribution in [0.2, 0.25) is 0 Å². The number of nitrogens with one attached hydrogen (secondary N) is 2. The third-order valence-electron chi connectivity index (χ3n) is 3.82. The summed E-state index contributed by atoms with van der Waals surface area (Å²) in [5.74, 6) is -0.149. The van der Waals surface area contributed by atoms with Gasteiger partial charge < -0.3 is 10.2 Å². The molecule has 2 aliphatic heterocycles. The van der Waals surface area contributed by atoms with Gasteiger partial charge in [-0.1, -0.05) is 0 Å². The maximum atomic E-state index is 12.2. The average molecular weight is 262 g/mol. The van der Waals surface area contributed by atoms with Gasteiger partial charge in [-0.2, -0.15) is 5.10 Å². The number of aromatic amines is 1. The van der Waals surface area contributed by atoms with Gasteiger partial charge in [-0.05, 0) is 12.5 Å². The lowest BCUT2D eigenvalue weighted by atomic mass is 9.86. The molecule has 2 aliphatic rings. The summed E-state index contributed by atoms with van der Waals surface area (Å²) < 4.78 is 0. The number of rotatable bonds is 1. The third-order valence-corrected chi connectivity index (χ3v) is 3.82. The molecule has 19 heavy (non-hydrogen) atoms. The first-order chi connectivity index (χ1) is 9.08. The van der Waals surface area contributed by atoms with Crippen LogP contribution in [0, 0.1) is 5.41 Å². The molecule has 0 aliphatic carbocycles. The summed E-state index contributed by atoms with van der Waals surface area (Å²) in [5.41, 5.74) is -0.219. The summed E-state index contributed by atoms with van der Waals surface area (Å²) in [6.45, 7) is 1.81. The molecule has 1 spiro atoms. The Morgan fingerprint density at radius 2 is 2.21 bits per heavy atom. The van der Waals surface area contributed by atoms with E-state index in [1.165, 1.54) is 12.1 Å². The van der Waals surface area contributed by atoms with Crippen LogP contribution in [0.1, 0.15) is 23.3 Å². The van der Waals surface area contributed by atoms with Crippen molar-refractivity contribution in [2.45, 2.75) is 12.8 Å². The van der Waals surface area contributed by atoms with Crippen molar-refractivity contribution < 1.29 is 9.59 Å². The van der Waals surface area contributed by atoms with E-state index in [0.29, 0.717) is 26.1 Å². The van der Waals surface area contributed by atoms with Crippen molar-refractivity contribution in [1.29, 1.82) is 0 Å². The highest BCUT2D eigenvalue weighted by molar-refractivity contribution is 5.92. The summed E-state index contributed by atoms with van der Waals surface area (Å²) in [6.07, 6.45) is 1.30. The van der Waals surface area contributed by atoms with Crippen molar-refractivity contribution in [3.8, 4) is 0 Å². The molecule has 7 nitrogen and oxygen atoms in total. The van der Waals surface area contributed by atoms with Crippen molar-refractivity contribution >= 4 is 11.8 Å². The molecule has 2 amide bonds. The number of hydrogen-bond acceptors (Lipinski definition) is 4. The lowest BCUT2D eigenvalue weighted by molar-refractivity contribution is -0.119. The molecular weight excluding hydrogens is 248 g/mol. The molecule has 0 radical (unpaired) electrons. The van der Waals surface area contributed by atoms with Crippen LogP contribution >= 0.6 is 0 Å². The predicted molar refractivity (Wildman–Crippen MR) is 65.4 cm³/mol. The van der Waals surface area contributed by atoms with Crippen LogP contribution in [-0.4, -0.2) is 46.5 Å². The number of amides is 2. The molecule has 0 bridgehead atoms. The standard InChI is InChI=1S/C12H14N4O3/c17-9-2-1-8(14-15-9)11(19)16-4-3-12(7-16)5-10(18)13-6-12/h1-2H,3-7H2,(H,13,18)(H,15,17). The summed E-state index contributed by atoms with van der Waals surface area (Å²) in [7, 11) is 0. The summed E-state index contributed by atoms with van der Waals surface area (Å²) >= 11 is 0. The SMILES string of the molecule is O=C1CC2(CCN(C(=O)c3ccc(=O)[nH]n3)C2)CN1. The molecule has 2 fully saturated rings. The van der Waals surface area contributed by atoms with Crippen molar-refractivity contribution in [2.24, 2.45) is 5.41 Å². The van der Waals surface area contributed by atoms with Crippen molar-refractivity contribution in [2.75, 3.05) is 19.6 Å². The van der Waals surface area contributed by atoms with Crippen molar-refractivity contribution in [3.63, 3.8) is 0 Å². The first kappa shape index (κ1) is 11.9. The Hall–Kier alpha value is -2.18. The van der Waals surface area contributed by atoms with Crippen molar-refractivity contribution in [3.05, 3.63) is 28.2 Å². The molecule has 3 heterocycles. The summed E-state index contributed by atoms with van der Waals surface area (Å²) in [6, 6.07) is 2.71. The topological polar surface area (TPSA) is 95.2 Å². The molecule has 1 aromatic heterocycles. The van der Waals surface area contributed by atoms with E-state index in [-0.39, 0.29) is 28.5 Å². The highest BCUT2D eigenvalue weighted by atomic mass is 16.2. The number of carbonyl (C=O) groups is 2. The molecule has 7 heteroatoms. The largest absolute Gasteiger partial charge is 0.355 e. The zero-order valence-electron chi connectivity index (χ0n) is 10.3. The van der Waals surface area contributed by atoms with Crippen LogP contribution in [0.15, 0.2) is 16.9 Å². The minimum absolute atomic E-state index is 0.0523. The van der Waals surface area contributed by atoms with Crippen LogP contribution in [0.25, 0.3) is 0 Å². The Labute approximate surface area is 109 Å². The first-order valence-electron chi connectivity index (χ1n) is 6.20. The van der Waals surface area contributed by atoms with E-state index >= 15 is 0 Å². The number of nitrogens with zero attached hydrogens (tertiary/aromatic N) is 2. The molecule has 2 saturated heterocycles. The van der Waals surface area contributed by atoms with Gasteiger partial charge in [-0.3, -0.25) is 14.4 Å². The van der Waals surface area contributed by atoms with E-state index in [0.717, 1.165) is 6.42 Å². The lowest BCUT2D eigenvalue weighted by Gasteiger charge is -2.21. The van der Waals surface area contributed by atoms with Gasteiger partial charge in [-0.25, -0.2) is 5.10 Å². The molecule has 0 aromatic carbocycles. The minimum atomic E-state index is -0.333. The van der Waals surface area contributed by atoms with Gasteiger partial charge in [0, 0.05) is 37.5 Å². The Bertz CT molecular complexity index is 576. The maximum absolute atomic E-state index is 12.2. The fraction of sp³-hybridized carbons (Fsp3) is 0.500. The van der Waals surface area contributed by atoms with Gasteiger partial charge in [0.25, 0.3) is 11.5 Å². The van der Waals surface area contributed by atoms with Gasteiger partial charge in [0.15, 0.2) is 0 Å². The number of hydrogen-bond donors (Lipinski definition) is 2.